The Morgan fingerprint density at radius 1 is 1.35 bits per heavy atom. The quantitative estimate of drug-likeness (QED) is 0.872. The molecule has 0 aliphatic carbocycles. The zero-order valence-corrected chi connectivity index (χ0v) is 13.6. The molecule has 20 heavy (non-hydrogen) atoms. The molecule has 0 amide bonds. The highest BCUT2D eigenvalue weighted by atomic mass is 79.9. The van der Waals surface area contributed by atoms with Crippen LogP contribution in [-0.4, -0.2) is 36.9 Å². The van der Waals surface area contributed by atoms with E-state index in [1.54, 1.807) is 0 Å². The van der Waals surface area contributed by atoms with Gasteiger partial charge in [0.15, 0.2) is 0 Å². The van der Waals surface area contributed by atoms with Gasteiger partial charge in [-0.2, -0.15) is 4.31 Å². The van der Waals surface area contributed by atoms with Crippen molar-refractivity contribution >= 4 is 43.5 Å². The maximum atomic E-state index is 12.5. The first kappa shape index (κ1) is 15.8. The first-order chi connectivity index (χ1) is 9.32. The molecule has 5 nitrogen and oxygen atoms in total. The molecule has 0 unspecified atom stereocenters. The Balaban J connectivity index is 2.22. The molecule has 0 bridgehead atoms. The highest BCUT2D eigenvalue weighted by Crippen LogP contribution is 2.30. The Kier molecular flexibility index (Phi) is 4.73. The fourth-order valence-corrected chi connectivity index (χ4v) is 4.98. The maximum absolute atomic E-state index is 12.5. The third-order valence-corrected chi connectivity index (χ3v) is 6.43. The minimum Gasteiger partial charge on any atom is -0.481 e. The van der Waals surface area contributed by atoms with E-state index in [0.29, 0.717) is 22.3 Å². The minimum absolute atomic E-state index is 0.149. The van der Waals surface area contributed by atoms with Gasteiger partial charge in [0.2, 0.25) is 10.0 Å². The molecule has 0 spiro atoms. The van der Waals surface area contributed by atoms with Crippen LogP contribution in [-0.2, 0) is 14.8 Å². The van der Waals surface area contributed by atoms with Crippen LogP contribution < -0.4 is 0 Å². The molecular formula is C12H13BrClNO4S. The molecule has 0 radical (unpaired) electrons. The molecule has 0 saturated carbocycles. The summed E-state index contributed by atoms with van der Waals surface area (Å²) in [5.74, 6) is -1.33. The van der Waals surface area contributed by atoms with Crippen LogP contribution in [0.1, 0.15) is 12.8 Å². The number of carbonyl (C=O) groups is 1. The lowest BCUT2D eigenvalue weighted by atomic mass is 9.99. The number of hydrogen-bond donors (Lipinski definition) is 1. The van der Waals surface area contributed by atoms with Gasteiger partial charge in [-0.1, -0.05) is 11.6 Å². The number of benzene rings is 1. The lowest BCUT2D eigenvalue weighted by molar-refractivity contribution is -0.142. The number of nitrogens with zero attached hydrogens (tertiary/aromatic N) is 1. The predicted octanol–water partition coefficient (Wildman–Crippen LogP) is 2.59. The van der Waals surface area contributed by atoms with Gasteiger partial charge in [0.05, 0.1) is 10.8 Å². The highest BCUT2D eigenvalue weighted by Gasteiger charge is 2.32. The number of halogens is 2. The summed E-state index contributed by atoms with van der Waals surface area (Å²) in [7, 11) is -3.62. The first-order valence-electron chi connectivity index (χ1n) is 6.00. The fourth-order valence-electron chi connectivity index (χ4n) is 2.17. The third kappa shape index (κ3) is 3.16. The number of hydrogen-bond acceptors (Lipinski definition) is 3. The van der Waals surface area contributed by atoms with Crippen LogP contribution in [0.5, 0.6) is 0 Å². The van der Waals surface area contributed by atoms with E-state index in [2.05, 4.69) is 15.9 Å². The van der Waals surface area contributed by atoms with Gasteiger partial charge in [0, 0.05) is 22.6 Å². The van der Waals surface area contributed by atoms with Crippen molar-refractivity contribution in [1.29, 1.82) is 0 Å². The molecule has 1 aromatic carbocycles. The molecule has 8 heteroatoms. The van der Waals surface area contributed by atoms with E-state index in [1.165, 1.54) is 22.5 Å². The summed E-state index contributed by atoms with van der Waals surface area (Å²) in [4.78, 5) is 11.0. The summed E-state index contributed by atoms with van der Waals surface area (Å²) >= 11 is 9.00. The SMILES string of the molecule is O=C(O)C1CCN(S(=O)(=O)c2ccc(Cl)cc2Br)CC1. The van der Waals surface area contributed by atoms with Crippen LogP contribution in [0.4, 0.5) is 0 Å². The number of carboxylic acids is 1. The molecule has 1 N–H and O–H groups in total. The molecule has 110 valence electrons. The van der Waals surface area contributed by atoms with Crippen molar-refractivity contribution in [1.82, 2.24) is 4.31 Å². The van der Waals surface area contributed by atoms with Gasteiger partial charge < -0.3 is 5.11 Å². The zero-order valence-electron chi connectivity index (χ0n) is 10.4. The molecule has 0 aromatic heterocycles. The van der Waals surface area contributed by atoms with E-state index in [0.717, 1.165) is 0 Å². The van der Waals surface area contributed by atoms with E-state index in [9.17, 15) is 13.2 Å². The van der Waals surface area contributed by atoms with E-state index < -0.39 is 21.9 Å². The van der Waals surface area contributed by atoms with Crippen molar-refractivity contribution in [2.75, 3.05) is 13.1 Å². The second-order valence-corrected chi connectivity index (χ2v) is 7.79. The van der Waals surface area contributed by atoms with Gasteiger partial charge >= 0.3 is 5.97 Å². The van der Waals surface area contributed by atoms with E-state index in [-0.39, 0.29) is 18.0 Å². The summed E-state index contributed by atoms with van der Waals surface area (Å²) in [6, 6.07) is 4.49. The number of aliphatic carboxylic acids is 1. The Bertz CT molecular complexity index is 626. The van der Waals surface area contributed by atoms with Crippen LogP contribution >= 0.6 is 27.5 Å². The monoisotopic (exact) mass is 381 g/mol. The Hall–Kier alpha value is -0.630. The molecule has 1 saturated heterocycles. The van der Waals surface area contributed by atoms with Crippen LogP contribution in [0.25, 0.3) is 0 Å². The largest absolute Gasteiger partial charge is 0.481 e. The first-order valence-corrected chi connectivity index (χ1v) is 8.61. The van der Waals surface area contributed by atoms with E-state index >= 15 is 0 Å². The Labute approximate surface area is 130 Å². The lowest BCUT2D eigenvalue weighted by Gasteiger charge is -2.29. The molecule has 1 aliphatic heterocycles. The summed E-state index contributed by atoms with van der Waals surface area (Å²) in [6.07, 6.45) is 0.666. The summed E-state index contributed by atoms with van der Waals surface area (Å²) in [6.45, 7) is 0.433. The second-order valence-electron chi connectivity index (χ2n) is 4.59. The highest BCUT2D eigenvalue weighted by molar-refractivity contribution is 9.10. The van der Waals surface area contributed by atoms with Crippen LogP contribution in [0.2, 0.25) is 5.02 Å². The van der Waals surface area contributed by atoms with Crippen LogP contribution in [0.3, 0.4) is 0 Å². The normalized spacial score (nSPS) is 18.1. The van der Waals surface area contributed by atoms with Crippen molar-refractivity contribution in [3.05, 3.63) is 27.7 Å². The molecule has 1 heterocycles. The molecule has 2 rings (SSSR count). The molecule has 1 aromatic rings. The van der Waals surface area contributed by atoms with Gasteiger partial charge in [-0.05, 0) is 47.0 Å². The average Bonchev–Trinajstić information content (AvgIpc) is 2.38. The van der Waals surface area contributed by atoms with Crippen LogP contribution in [0, 0.1) is 5.92 Å². The van der Waals surface area contributed by atoms with E-state index in [1.807, 2.05) is 0 Å². The number of carboxylic acid groups (broad SMARTS) is 1. The van der Waals surface area contributed by atoms with Crippen molar-refractivity contribution in [2.24, 2.45) is 5.92 Å². The summed E-state index contributed by atoms with van der Waals surface area (Å²) < 4.78 is 26.7. The topological polar surface area (TPSA) is 74.7 Å². The second kappa shape index (κ2) is 6.01. The number of rotatable bonds is 3. The smallest absolute Gasteiger partial charge is 0.306 e. The van der Waals surface area contributed by atoms with Gasteiger partial charge in [-0.15, -0.1) is 0 Å². The van der Waals surface area contributed by atoms with Crippen molar-refractivity contribution in [3.63, 3.8) is 0 Å². The van der Waals surface area contributed by atoms with Gasteiger partial charge in [0.25, 0.3) is 0 Å². The summed E-state index contributed by atoms with van der Waals surface area (Å²) in [5, 5.41) is 9.37. The van der Waals surface area contributed by atoms with Crippen LogP contribution in [0.15, 0.2) is 27.6 Å². The maximum Gasteiger partial charge on any atom is 0.306 e. The van der Waals surface area contributed by atoms with Gasteiger partial charge in [-0.3, -0.25) is 4.79 Å². The minimum atomic E-state index is -3.62. The average molecular weight is 383 g/mol. The third-order valence-electron chi connectivity index (χ3n) is 3.31. The molecule has 1 fully saturated rings. The molecule has 0 atom stereocenters. The zero-order chi connectivity index (χ0) is 14.9. The van der Waals surface area contributed by atoms with E-state index in [4.69, 9.17) is 16.7 Å². The van der Waals surface area contributed by atoms with Gasteiger partial charge in [0.1, 0.15) is 0 Å². The number of sulfonamides is 1. The molecular weight excluding hydrogens is 370 g/mol. The predicted molar refractivity (Wildman–Crippen MR) is 78.3 cm³/mol. The van der Waals surface area contributed by atoms with Gasteiger partial charge in [-0.25, -0.2) is 8.42 Å². The number of piperidine rings is 1. The Morgan fingerprint density at radius 2 is 1.95 bits per heavy atom. The lowest BCUT2D eigenvalue weighted by Crippen LogP contribution is -2.40. The van der Waals surface area contributed by atoms with Crippen molar-refractivity contribution in [2.45, 2.75) is 17.7 Å². The summed E-state index contributed by atoms with van der Waals surface area (Å²) in [5.41, 5.74) is 0. The standard InChI is InChI=1S/C12H13BrClNO4S/c13-10-7-9(14)1-2-11(10)20(18,19)15-5-3-8(4-6-15)12(16)17/h1-2,7-8H,3-6H2,(H,16,17). The molecule has 1 aliphatic rings. The Morgan fingerprint density at radius 3 is 2.45 bits per heavy atom. The van der Waals surface area contributed by atoms with Crippen molar-refractivity contribution < 1.29 is 18.3 Å². The van der Waals surface area contributed by atoms with Crippen molar-refractivity contribution in [3.8, 4) is 0 Å². The fraction of sp³-hybridized carbons (Fsp3) is 0.417.